The molecule has 8 heteroatoms. The molecule has 0 spiro atoms. The van der Waals surface area contributed by atoms with Gasteiger partial charge in [0.05, 0.1) is 5.56 Å². The predicted octanol–water partition coefficient (Wildman–Crippen LogP) is 3.44. The molecule has 1 fully saturated rings. The number of nitrogens with zero attached hydrogens (tertiary/aromatic N) is 1. The molecular formula is C14H13ClF3NO3. The zero-order valence-electron chi connectivity index (χ0n) is 11.4. The van der Waals surface area contributed by atoms with Crippen LogP contribution in [-0.4, -0.2) is 34.5 Å². The Balaban J connectivity index is 2.36. The molecule has 1 heterocycles. The first-order valence-corrected chi connectivity index (χ1v) is 6.99. The van der Waals surface area contributed by atoms with E-state index >= 15 is 0 Å². The first-order valence-electron chi connectivity index (χ1n) is 6.61. The number of benzene rings is 1. The summed E-state index contributed by atoms with van der Waals surface area (Å²) in [6.45, 7) is 0.198. The number of aliphatic carboxylic acids is 1. The van der Waals surface area contributed by atoms with Crippen LogP contribution in [0.4, 0.5) is 13.2 Å². The fourth-order valence-corrected chi connectivity index (χ4v) is 2.71. The topological polar surface area (TPSA) is 57.6 Å². The van der Waals surface area contributed by atoms with Crippen molar-refractivity contribution in [2.24, 2.45) is 0 Å². The highest BCUT2D eigenvalue weighted by molar-refractivity contribution is 6.31. The Morgan fingerprint density at radius 1 is 1.23 bits per heavy atom. The van der Waals surface area contributed by atoms with E-state index in [-0.39, 0.29) is 23.6 Å². The summed E-state index contributed by atoms with van der Waals surface area (Å²) in [6, 6.07) is 1.52. The maximum absolute atomic E-state index is 12.8. The van der Waals surface area contributed by atoms with Crippen molar-refractivity contribution in [1.29, 1.82) is 0 Å². The van der Waals surface area contributed by atoms with Gasteiger partial charge in [0.25, 0.3) is 5.91 Å². The molecular weight excluding hydrogens is 323 g/mol. The number of carbonyl (C=O) groups excluding carboxylic acids is 1. The molecule has 1 aromatic carbocycles. The number of piperidine rings is 1. The highest BCUT2D eigenvalue weighted by Gasteiger charge is 2.35. The van der Waals surface area contributed by atoms with Crippen LogP contribution in [0.25, 0.3) is 0 Å². The van der Waals surface area contributed by atoms with Crippen molar-refractivity contribution in [2.45, 2.75) is 31.5 Å². The summed E-state index contributed by atoms with van der Waals surface area (Å²) in [7, 11) is 0. The number of carboxylic acid groups (broad SMARTS) is 1. The van der Waals surface area contributed by atoms with Crippen LogP contribution in [0.5, 0.6) is 0 Å². The van der Waals surface area contributed by atoms with Gasteiger partial charge in [-0.25, -0.2) is 4.79 Å². The average molecular weight is 336 g/mol. The van der Waals surface area contributed by atoms with Gasteiger partial charge in [-0.15, -0.1) is 0 Å². The second kappa shape index (κ2) is 6.16. The number of hydrogen-bond acceptors (Lipinski definition) is 2. The molecule has 2 rings (SSSR count). The number of likely N-dealkylation sites (tertiary alicyclic amines) is 1. The van der Waals surface area contributed by atoms with Gasteiger partial charge in [0, 0.05) is 17.1 Å². The van der Waals surface area contributed by atoms with E-state index in [1.54, 1.807) is 0 Å². The SMILES string of the molecule is O=C(O)C1CCCCN1C(=O)c1cc(Cl)cc(C(F)(F)F)c1. The van der Waals surface area contributed by atoms with Crippen LogP contribution in [0.3, 0.4) is 0 Å². The molecule has 1 N–H and O–H groups in total. The van der Waals surface area contributed by atoms with Gasteiger partial charge in [-0.1, -0.05) is 11.6 Å². The number of carbonyl (C=O) groups is 2. The smallest absolute Gasteiger partial charge is 0.416 e. The molecule has 1 aromatic rings. The molecule has 0 radical (unpaired) electrons. The molecule has 0 aromatic heterocycles. The average Bonchev–Trinajstić information content (AvgIpc) is 2.45. The zero-order chi connectivity index (χ0) is 16.5. The lowest BCUT2D eigenvalue weighted by molar-refractivity contribution is -0.143. The summed E-state index contributed by atoms with van der Waals surface area (Å²) in [4.78, 5) is 24.7. The summed E-state index contributed by atoms with van der Waals surface area (Å²) < 4.78 is 38.3. The molecule has 1 saturated heterocycles. The van der Waals surface area contributed by atoms with Crippen LogP contribution in [-0.2, 0) is 11.0 Å². The number of halogens is 4. The molecule has 0 saturated carbocycles. The number of rotatable bonds is 2. The standard InChI is InChI=1S/C14H13ClF3NO3/c15-10-6-8(5-9(7-10)14(16,17)18)12(20)19-4-2-1-3-11(19)13(21)22/h5-7,11H,1-4H2,(H,21,22). The maximum Gasteiger partial charge on any atom is 0.416 e. The molecule has 1 amide bonds. The van der Waals surface area contributed by atoms with E-state index in [2.05, 4.69) is 0 Å². The van der Waals surface area contributed by atoms with Crippen molar-refractivity contribution in [3.05, 3.63) is 34.3 Å². The number of alkyl halides is 3. The lowest BCUT2D eigenvalue weighted by Crippen LogP contribution is -2.48. The van der Waals surface area contributed by atoms with E-state index in [0.717, 1.165) is 17.0 Å². The summed E-state index contributed by atoms with van der Waals surface area (Å²) in [5, 5.41) is 8.92. The van der Waals surface area contributed by atoms with Gasteiger partial charge in [-0.3, -0.25) is 4.79 Å². The normalized spacial score (nSPS) is 19.1. The number of carboxylic acids is 1. The molecule has 1 aliphatic rings. The third-order valence-corrected chi connectivity index (χ3v) is 3.74. The minimum absolute atomic E-state index is 0.198. The van der Waals surface area contributed by atoms with Gasteiger partial charge in [-0.05, 0) is 37.5 Å². The first-order chi connectivity index (χ1) is 10.2. The number of amides is 1. The van der Waals surface area contributed by atoms with Gasteiger partial charge < -0.3 is 10.0 Å². The van der Waals surface area contributed by atoms with Crippen molar-refractivity contribution < 1.29 is 27.9 Å². The summed E-state index contributed by atoms with van der Waals surface area (Å²) in [6.07, 6.45) is -3.08. The van der Waals surface area contributed by atoms with Gasteiger partial charge in [-0.2, -0.15) is 13.2 Å². The van der Waals surface area contributed by atoms with Crippen molar-refractivity contribution in [2.75, 3.05) is 6.54 Å². The molecule has 4 nitrogen and oxygen atoms in total. The lowest BCUT2D eigenvalue weighted by atomic mass is 10.0. The molecule has 22 heavy (non-hydrogen) atoms. The summed E-state index contributed by atoms with van der Waals surface area (Å²) >= 11 is 5.65. The monoisotopic (exact) mass is 335 g/mol. The van der Waals surface area contributed by atoms with Crippen LogP contribution in [0, 0.1) is 0 Å². The van der Waals surface area contributed by atoms with Gasteiger partial charge in [0.1, 0.15) is 6.04 Å². The fourth-order valence-electron chi connectivity index (χ4n) is 2.47. The van der Waals surface area contributed by atoms with Crippen LogP contribution in [0.2, 0.25) is 5.02 Å². The van der Waals surface area contributed by atoms with E-state index < -0.39 is 29.7 Å². The molecule has 1 unspecified atom stereocenters. The van der Waals surface area contributed by atoms with E-state index in [1.807, 2.05) is 0 Å². The quantitative estimate of drug-likeness (QED) is 0.900. The lowest BCUT2D eigenvalue weighted by Gasteiger charge is -2.33. The van der Waals surface area contributed by atoms with Crippen LogP contribution < -0.4 is 0 Å². The predicted molar refractivity (Wildman–Crippen MR) is 72.8 cm³/mol. The summed E-state index contributed by atoms with van der Waals surface area (Å²) in [5.41, 5.74) is -1.29. The van der Waals surface area contributed by atoms with Crippen molar-refractivity contribution >= 4 is 23.5 Å². The Morgan fingerprint density at radius 2 is 1.91 bits per heavy atom. The molecule has 0 bridgehead atoms. The van der Waals surface area contributed by atoms with Gasteiger partial charge in [0.15, 0.2) is 0 Å². The van der Waals surface area contributed by atoms with E-state index in [1.165, 1.54) is 0 Å². The fraction of sp³-hybridized carbons (Fsp3) is 0.429. The Labute approximate surface area is 129 Å². The second-order valence-electron chi connectivity index (χ2n) is 5.07. The van der Waals surface area contributed by atoms with E-state index in [0.29, 0.717) is 18.9 Å². The van der Waals surface area contributed by atoms with E-state index in [4.69, 9.17) is 16.7 Å². The third-order valence-electron chi connectivity index (χ3n) is 3.52. The van der Waals surface area contributed by atoms with Crippen LogP contribution in [0.15, 0.2) is 18.2 Å². The second-order valence-corrected chi connectivity index (χ2v) is 5.51. The Kier molecular flexibility index (Phi) is 4.65. The number of hydrogen-bond donors (Lipinski definition) is 1. The summed E-state index contributed by atoms with van der Waals surface area (Å²) in [5.74, 6) is -1.91. The molecule has 120 valence electrons. The molecule has 0 aliphatic carbocycles. The van der Waals surface area contributed by atoms with Crippen LogP contribution >= 0.6 is 11.6 Å². The maximum atomic E-state index is 12.8. The highest BCUT2D eigenvalue weighted by atomic mass is 35.5. The van der Waals surface area contributed by atoms with Crippen LogP contribution in [0.1, 0.15) is 35.2 Å². The largest absolute Gasteiger partial charge is 0.480 e. The van der Waals surface area contributed by atoms with Crippen molar-refractivity contribution in [1.82, 2.24) is 4.90 Å². The third kappa shape index (κ3) is 3.52. The van der Waals surface area contributed by atoms with Crippen molar-refractivity contribution in [3.63, 3.8) is 0 Å². The zero-order valence-corrected chi connectivity index (χ0v) is 12.1. The molecule has 1 atom stereocenters. The highest BCUT2D eigenvalue weighted by Crippen LogP contribution is 2.32. The minimum Gasteiger partial charge on any atom is -0.480 e. The van der Waals surface area contributed by atoms with Gasteiger partial charge >= 0.3 is 12.1 Å². The van der Waals surface area contributed by atoms with Gasteiger partial charge in [0.2, 0.25) is 0 Å². The Hall–Kier alpha value is -1.76. The van der Waals surface area contributed by atoms with E-state index in [9.17, 15) is 22.8 Å². The Bertz CT molecular complexity index is 603. The Morgan fingerprint density at radius 3 is 2.50 bits per heavy atom. The van der Waals surface area contributed by atoms with Crippen molar-refractivity contribution in [3.8, 4) is 0 Å². The minimum atomic E-state index is -4.63. The molecule has 1 aliphatic heterocycles. The first kappa shape index (κ1) is 16.6.